The van der Waals surface area contributed by atoms with E-state index in [1.165, 1.54) is 0 Å². The summed E-state index contributed by atoms with van der Waals surface area (Å²) >= 11 is 5.88. The van der Waals surface area contributed by atoms with E-state index < -0.39 is 10.0 Å². The Labute approximate surface area is 107 Å². The van der Waals surface area contributed by atoms with Crippen molar-refractivity contribution in [2.45, 2.75) is 13.3 Å². The molecule has 0 heterocycles. The zero-order valence-corrected chi connectivity index (χ0v) is 11.2. The van der Waals surface area contributed by atoms with Gasteiger partial charge in [0, 0.05) is 6.54 Å². The molecule has 0 atom stereocenters. The highest BCUT2D eigenvalue weighted by atomic mass is 35.5. The topological polar surface area (TPSA) is 55.4 Å². The van der Waals surface area contributed by atoms with Crippen LogP contribution in [-0.2, 0) is 10.0 Å². The van der Waals surface area contributed by atoms with Gasteiger partial charge in [0.05, 0.1) is 10.8 Å². The van der Waals surface area contributed by atoms with E-state index in [0.29, 0.717) is 17.2 Å². The summed E-state index contributed by atoms with van der Waals surface area (Å²) < 4.78 is 30.4. The van der Waals surface area contributed by atoms with Gasteiger partial charge in [-0.05, 0) is 18.6 Å². The molecule has 1 aromatic rings. The molecule has 0 bridgehead atoms. The maximum atomic E-state index is 11.3. The summed E-state index contributed by atoms with van der Waals surface area (Å²) in [6.07, 6.45) is 0.598. The fraction of sp³-hybridized carbons (Fsp3) is 0.455. The number of sulfonamides is 1. The second kappa shape index (κ2) is 6.83. The molecule has 1 rings (SSSR count). The Hall–Kier alpha value is -0.780. The van der Waals surface area contributed by atoms with E-state index in [4.69, 9.17) is 16.3 Å². The Bertz CT molecular complexity index is 448. The van der Waals surface area contributed by atoms with E-state index in [1.54, 1.807) is 18.2 Å². The van der Waals surface area contributed by atoms with E-state index in [0.717, 1.165) is 0 Å². The van der Waals surface area contributed by atoms with Crippen LogP contribution in [0.15, 0.2) is 24.3 Å². The molecule has 17 heavy (non-hydrogen) atoms. The molecule has 0 aliphatic carbocycles. The molecule has 0 saturated carbocycles. The van der Waals surface area contributed by atoms with E-state index in [-0.39, 0.29) is 18.9 Å². The lowest BCUT2D eigenvalue weighted by Gasteiger charge is -2.08. The van der Waals surface area contributed by atoms with Crippen molar-refractivity contribution < 1.29 is 13.2 Å². The molecular weight excluding hydrogens is 262 g/mol. The molecule has 0 saturated heterocycles. The van der Waals surface area contributed by atoms with Gasteiger partial charge in [0.2, 0.25) is 10.0 Å². The Balaban J connectivity index is 2.32. The summed E-state index contributed by atoms with van der Waals surface area (Å²) in [6, 6.07) is 7.07. The Morgan fingerprint density at radius 3 is 2.71 bits per heavy atom. The molecule has 0 aliphatic heterocycles. The van der Waals surface area contributed by atoms with E-state index in [2.05, 4.69) is 4.72 Å². The number of benzene rings is 1. The second-order valence-corrected chi connectivity index (χ2v) is 5.83. The van der Waals surface area contributed by atoms with Crippen molar-refractivity contribution in [3.63, 3.8) is 0 Å². The molecule has 4 nitrogen and oxygen atoms in total. The van der Waals surface area contributed by atoms with Crippen LogP contribution in [0, 0.1) is 0 Å². The fourth-order valence-corrected chi connectivity index (χ4v) is 2.53. The van der Waals surface area contributed by atoms with Crippen LogP contribution in [0.25, 0.3) is 0 Å². The largest absolute Gasteiger partial charge is 0.491 e. The van der Waals surface area contributed by atoms with Crippen molar-refractivity contribution in [1.82, 2.24) is 4.72 Å². The molecular formula is C11H16ClNO3S. The van der Waals surface area contributed by atoms with Gasteiger partial charge >= 0.3 is 0 Å². The van der Waals surface area contributed by atoms with Crippen LogP contribution < -0.4 is 9.46 Å². The lowest BCUT2D eigenvalue weighted by atomic mass is 10.3. The maximum Gasteiger partial charge on any atom is 0.211 e. The summed E-state index contributed by atoms with van der Waals surface area (Å²) in [6.45, 7) is 2.32. The Morgan fingerprint density at radius 2 is 2.06 bits per heavy atom. The van der Waals surface area contributed by atoms with Crippen LogP contribution in [0.3, 0.4) is 0 Å². The number of rotatable bonds is 7. The maximum absolute atomic E-state index is 11.3. The molecule has 0 aromatic heterocycles. The smallest absolute Gasteiger partial charge is 0.211 e. The number of ether oxygens (including phenoxy) is 1. The Kier molecular flexibility index (Phi) is 5.74. The minimum atomic E-state index is -3.16. The van der Waals surface area contributed by atoms with Gasteiger partial charge < -0.3 is 4.74 Å². The average Bonchev–Trinajstić information content (AvgIpc) is 2.26. The van der Waals surface area contributed by atoms with Crippen molar-refractivity contribution in [2.75, 3.05) is 18.9 Å². The number of halogens is 1. The van der Waals surface area contributed by atoms with Crippen LogP contribution in [0.2, 0.25) is 5.02 Å². The summed E-state index contributed by atoms with van der Waals surface area (Å²) in [5.74, 6) is 0.697. The summed E-state index contributed by atoms with van der Waals surface area (Å²) in [7, 11) is -3.16. The zero-order chi connectivity index (χ0) is 12.7. The van der Waals surface area contributed by atoms with Crippen LogP contribution in [0.4, 0.5) is 0 Å². The normalized spacial score (nSPS) is 11.4. The predicted molar refractivity (Wildman–Crippen MR) is 69.0 cm³/mol. The highest BCUT2D eigenvalue weighted by molar-refractivity contribution is 7.89. The van der Waals surface area contributed by atoms with Gasteiger partial charge in [0.25, 0.3) is 0 Å². The molecule has 0 spiro atoms. The summed E-state index contributed by atoms with van der Waals surface area (Å²) in [4.78, 5) is 0. The number of nitrogens with one attached hydrogen (secondary N) is 1. The van der Waals surface area contributed by atoms with Gasteiger partial charge in [-0.2, -0.15) is 0 Å². The molecule has 0 amide bonds. The van der Waals surface area contributed by atoms with Crippen molar-refractivity contribution >= 4 is 21.6 Å². The Morgan fingerprint density at radius 1 is 1.35 bits per heavy atom. The number of hydrogen-bond donors (Lipinski definition) is 1. The first-order valence-corrected chi connectivity index (χ1v) is 7.43. The van der Waals surface area contributed by atoms with Gasteiger partial charge in [0.15, 0.2) is 0 Å². The van der Waals surface area contributed by atoms with Gasteiger partial charge in [-0.15, -0.1) is 0 Å². The van der Waals surface area contributed by atoms with Crippen molar-refractivity contribution in [2.24, 2.45) is 0 Å². The molecule has 0 radical (unpaired) electrons. The lowest BCUT2D eigenvalue weighted by molar-refractivity contribution is 0.323. The SMILES string of the molecule is CCCS(=O)(=O)NCCOc1ccccc1Cl. The molecule has 96 valence electrons. The third-order valence-corrected chi connectivity index (χ3v) is 3.89. The first kappa shape index (κ1) is 14.3. The van der Waals surface area contributed by atoms with Crippen molar-refractivity contribution in [3.05, 3.63) is 29.3 Å². The highest BCUT2D eigenvalue weighted by Gasteiger charge is 2.07. The first-order valence-electron chi connectivity index (χ1n) is 5.40. The predicted octanol–water partition coefficient (Wildman–Crippen LogP) is 2.05. The van der Waals surface area contributed by atoms with Gasteiger partial charge in [-0.3, -0.25) is 0 Å². The molecule has 1 N–H and O–H groups in total. The van der Waals surface area contributed by atoms with Crippen LogP contribution >= 0.6 is 11.6 Å². The average molecular weight is 278 g/mol. The minimum Gasteiger partial charge on any atom is -0.491 e. The van der Waals surface area contributed by atoms with Crippen LogP contribution in [-0.4, -0.2) is 27.3 Å². The van der Waals surface area contributed by atoms with Crippen LogP contribution in [0.1, 0.15) is 13.3 Å². The third-order valence-electron chi connectivity index (χ3n) is 1.99. The highest BCUT2D eigenvalue weighted by Crippen LogP contribution is 2.22. The zero-order valence-electron chi connectivity index (χ0n) is 9.65. The molecule has 1 aromatic carbocycles. The molecule has 0 aliphatic rings. The minimum absolute atomic E-state index is 0.138. The fourth-order valence-electron chi connectivity index (χ4n) is 1.26. The number of para-hydroxylation sites is 1. The van der Waals surface area contributed by atoms with Crippen LogP contribution in [0.5, 0.6) is 5.75 Å². The van der Waals surface area contributed by atoms with E-state index in [1.807, 2.05) is 13.0 Å². The first-order chi connectivity index (χ1) is 8.05. The van der Waals surface area contributed by atoms with Gasteiger partial charge in [-0.25, -0.2) is 13.1 Å². The number of hydrogen-bond acceptors (Lipinski definition) is 3. The van der Waals surface area contributed by atoms with E-state index in [9.17, 15) is 8.42 Å². The quantitative estimate of drug-likeness (QED) is 0.776. The monoisotopic (exact) mass is 277 g/mol. The van der Waals surface area contributed by atoms with Crippen molar-refractivity contribution in [3.8, 4) is 5.75 Å². The summed E-state index contributed by atoms with van der Waals surface area (Å²) in [5.41, 5.74) is 0. The van der Waals surface area contributed by atoms with Crippen molar-refractivity contribution in [1.29, 1.82) is 0 Å². The second-order valence-electron chi connectivity index (χ2n) is 3.49. The molecule has 0 fully saturated rings. The standard InChI is InChI=1S/C11H16ClNO3S/c1-2-9-17(14,15)13-7-8-16-11-6-4-3-5-10(11)12/h3-6,13H,2,7-9H2,1H3. The molecule has 6 heteroatoms. The van der Waals surface area contributed by atoms with E-state index >= 15 is 0 Å². The summed E-state index contributed by atoms with van der Waals surface area (Å²) in [5, 5.41) is 0.518. The molecule has 0 unspecified atom stereocenters. The third kappa shape index (κ3) is 5.39. The van der Waals surface area contributed by atoms with Gasteiger partial charge in [-0.1, -0.05) is 30.7 Å². The lowest BCUT2D eigenvalue weighted by Crippen LogP contribution is -2.30. The van der Waals surface area contributed by atoms with Gasteiger partial charge in [0.1, 0.15) is 12.4 Å².